The van der Waals surface area contributed by atoms with Crippen LogP contribution in [0.2, 0.25) is 5.02 Å². The van der Waals surface area contributed by atoms with Crippen molar-refractivity contribution in [1.29, 1.82) is 0 Å². The van der Waals surface area contributed by atoms with Crippen LogP contribution in [0.5, 0.6) is 0 Å². The van der Waals surface area contributed by atoms with Crippen molar-refractivity contribution in [3.05, 3.63) is 28.8 Å². The average Bonchev–Trinajstić information content (AvgIpc) is 2.70. The van der Waals surface area contributed by atoms with Crippen LogP contribution in [0.4, 0.5) is 5.69 Å². The molecule has 1 radical (unpaired) electrons. The van der Waals surface area contributed by atoms with E-state index in [1.54, 1.807) is 12.1 Å². The lowest BCUT2D eigenvalue weighted by molar-refractivity contribution is 0.563. The summed E-state index contributed by atoms with van der Waals surface area (Å²) in [4.78, 5) is 12.6. The number of hydrogen-bond acceptors (Lipinski definition) is 2. The van der Waals surface area contributed by atoms with Crippen molar-refractivity contribution >= 4 is 23.6 Å². The van der Waals surface area contributed by atoms with E-state index in [0.29, 0.717) is 10.6 Å². The van der Waals surface area contributed by atoms with Gasteiger partial charge in [0.15, 0.2) is 0 Å². The number of anilines is 1. The Kier molecular flexibility index (Phi) is 2.73. The molecule has 0 saturated carbocycles. The van der Waals surface area contributed by atoms with E-state index in [9.17, 15) is 4.79 Å². The Bertz CT molecular complexity index is 345. The summed E-state index contributed by atoms with van der Waals surface area (Å²) in [5, 5.41) is 0.646. The van der Waals surface area contributed by atoms with Gasteiger partial charge < -0.3 is 4.90 Å². The van der Waals surface area contributed by atoms with Crippen LogP contribution in [0.15, 0.2) is 18.2 Å². The first kappa shape index (κ1) is 9.53. The fourth-order valence-corrected chi connectivity index (χ4v) is 2.08. The van der Waals surface area contributed by atoms with Gasteiger partial charge in [-0.3, -0.25) is 4.79 Å². The number of hydrogen-bond donors (Lipinski definition) is 0. The number of halogens is 1. The van der Waals surface area contributed by atoms with E-state index in [0.717, 1.165) is 18.8 Å². The summed E-state index contributed by atoms with van der Waals surface area (Å²) < 4.78 is 0. The average molecular weight is 209 g/mol. The zero-order valence-corrected chi connectivity index (χ0v) is 8.55. The van der Waals surface area contributed by atoms with Gasteiger partial charge in [-0.15, -0.1) is 0 Å². The van der Waals surface area contributed by atoms with Gasteiger partial charge in [0.25, 0.3) is 0 Å². The van der Waals surface area contributed by atoms with Crippen molar-refractivity contribution in [2.45, 2.75) is 12.8 Å². The van der Waals surface area contributed by atoms with Crippen molar-refractivity contribution in [2.75, 3.05) is 18.0 Å². The monoisotopic (exact) mass is 208 g/mol. The Labute approximate surface area is 88.5 Å². The highest BCUT2D eigenvalue weighted by Gasteiger charge is 2.14. The molecule has 0 spiro atoms. The van der Waals surface area contributed by atoms with E-state index in [2.05, 4.69) is 4.90 Å². The third-order valence-corrected chi connectivity index (χ3v) is 2.82. The molecule has 1 aliphatic heterocycles. The minimum absolute atomic E-state index is 0.512. The third kappa shape index (κ3) is 1.75. The highest BCUT2D eigenvalue weighted by molar-refractivity contribution is 6.33. The zero-order valence-electron chi connectivity index (χ0n) is 7.79. The van der Waals surface area contributed by atoms with Crippen LogP contribution in [-0.4, -0.2) is 19.4 Å². The molecule has 0 aromatic heterocycles. The predicted molar refractivity (Wildman–Crippen MR) is 57.7 cm³/mol. The number of benzene rings is 1. The maximum absolute atomic E-state index is 10.4. The van der Waals surface area contributed by atoms with Gasteiger partial charge in [-0.2, -0.15) is 0 Å². The van der Waals surface area contributed by atoms with Gasteiger partial charge >= 0.3 is 0 Å². The van der Waals surface area contributed by atoms with Crippen LogP contribution in [0, 0.1) is 0 Å². The molecular formula is C11H11ClNO. The molecule has 73 valence electrons. The zero-order chi connectivity index (χ0) is 9.97. The molecule has 1 aromatic carbocycles. The first-order valence-corrected chi connectivity index (χ1v) is 5.12. The first-order chi connectivity index (χ1) is 6.81. The molecule has 1 aromatic rings. The van der Waals surface area contributed by atoms with E-state index < -0.39 is 0 Å². The Balaban J connectivity index is 2.29. The van der Waals surface area contributed by atoms with E-state index in [-0.39, 0.29) is 0 Å². The lowest BCUT2D eigenvalue weighted by Gasteiger charge is -2.18. The molecular weight excluding hydrogens is 198 g/mol. The molecule has 0 unspecified atom stereocenters. The minimum Gasteiger partial charge on any atom is -0.370 e. The summed E-state index contributed by atoms with van der Waals surface area (Å²) in [7, 11) is 0. The normalized spacial score (nSPS) is 15.9. The number of nitrogens with zero attached hydrogens (tertiary/aromatic N) is 1. The van der Waals surface area contributed by atoms with Crippen molar-refractivity contribution in [3.63, 3.8) is 0 Å². The summed E-state index contributed by atoms with van der Waals surface area (Å²) in [5.74, 6) is 0. The second kappa shape index (κ2) is 4.01. The highest BCUT2D eigenvalue weighted by atomic mass is 35.5. The molecule has 1 heterocycles. The van der Waals surface area contributed by atoms with Gasteiger partial charge in [0.05, 0.1) is 10.7 Å². The second-order valence-electron chi connectivity index (χ2n) is 3.46. The maximum atomic E-state index is 10.4. The Morgan fingerprint density at radius 3 is 2.57 bits per heavy atom. The molecule has 1 fully saturated rings. The largest absolute Gasteiger partial charge is 0.370 e. The van der Waals surface area contributed by atoms with Crippen molar-refractivity contribution < 1.29 is 4.79 Å². The first-order valence-electron chi connectivity index (χ1n) is 4.74. The molecule has 0 atom stereocenters. The SMILES string of the molecule is O=[C]c1ccc(N2CCCC2)c(Cl)c1. The van der Waals surface area contributed by atoms with Gasteiger partial charge in [0.1, 0.15) is 0 Å². The highest BCUT2D eigenvalue weighted by Crippen LogP contribution is 2.28. The van der Waals surface area contributed by atoms with Gasteiger partial charge in [0.2, 0.25) is 6.29 Å². The summed E-state index contributed by atoms with van der Waals surface area (Å²) >= 11 is 6.07. The Hall–Kier alpha value is -1.02. The topological polar surface area (TPSA) is 20.3 Å². The van der Waals surface area contributed by atoms with Crippen LogP contribution in [-0.2, 0) is 4.79 Å². The van der Waals surface area contributed by atoms with E-state index in [1.165, 1.54) is 12.8 Å². The van der Waals surface area contributed by atoms with Gasteiger partial charge in [-0.25, -0.2) is 0 Å². The quantitative estimate of drug-likeness (QED) is 0.744. The van der Waals surface area contributed by atoms with Crippen molar-refractivity contribution in [2.24, 2.45) is 0 Å². The van der Waals surface area contributed by atoms with E-state index in [4.69, 9.17) is 11.6 Å². The Morgan fingerprint density at radius 2 is 2.00 bits per heavy atom. The van der Waals surface area contributed by atoms with Crippen LogP contribution in [0.1, 0.15) is 18.4 Å². The molecule has 0 aliphatic carbocycles. The van der Waals surface area contributed by atoms with Gasteiger partial charge in [0, 0.05) is 18.7 Å². The summed E-state index contributed by atoms with van der Waals surface area (Å²) in [6.07, 6.45) is 4.27. The fourth-order valence-electron chi connectivity index (χ4n) is 1.78. The van der Waals surface area contributed by atoms with Crippen LogP contribution in [0.3, 0.4) is 0 Å². The molecule has 14 heavy (non-hydrogen) atoms. The van der Waals surface area contributed by atoms with E-state index in [1.807, 2.05) is 12.4 Å². The Morgan fingerprint density at radius 1 is 1.29 bits per heavy atom. The lowest BCUT2D eigenvalue weighted by Crippen LogP contribution is -2.17. The summed E-state index contributed by atoms with van der Waals surface area (Å²) in [6.45, 7) is 2.12. The molecule has 0 N–H and O–H groups in total. The van der Waals surface area contributed by atoms with Gasteiger partial charge in [-0.05, 0) is 31.0 Å². The maximum Gasteiger partial charge on any atom is 0.233 e. The summed E-state index contributed by atoms with van der Waals surface area (Å²) in [6, 6.07) is 5.32. The molecule has 1 saturated heterocycles. The minimum atomic E-state index is 0.512. The fraction of sp³-hybridized carbons (Fsp3) is 0.364. The molecule has 0 bridgehead atoms. The lowest BCUT2D eigenvalue weighted by atomic mass is 10.2. The molecule has 0 amide bonds. The van der Waals surface area contributed by atoms with Gasteiger partial charge in [-0.1, -0.05) is 11.6 Å². The smallest absolute Gasteiger partial charge is 0.233 e. The van der Waals surface area contributed by atoms with E-state index >= 15 is 0 Å². The predicted octanol–water partition coefficient (Wildman–Crippen LogP) is 2.40. The molecule has 2 rings (SSSR count). The number of rotatable bonds is 2. The van der Waals surface area contributed by atoms with Crippen LogP contribution >= 0.6 is 11.6 Å². The standard InChI is InChI=1S/C11H11ClNO/c12-10-7-9(8-14)3-4-11(10)13-5-1-2-6-13/h3-4,7H,1-2,5-6H2. The van der Waals surface area contributed by atoms with Crippen LogP contribution in [0.25, 0.3) is 0 Å². The van der Waals surface area contributed by atoms with Crippen molar-refractivity contribution in [1.82, 2.24) is 0 Å². The molecule has 1 aliphatic rings. The molecule has 2 nitrogen and oxygen atoms in total. The summed E-state index contributed by atoms with van der Waals surface area (Å²) in [5.41, 5.74) is 1.54. The van der Waals surface area contributed by atoms with Crippen molar-refractivity contribution in [3.8, 4) is 0 Å². The third-order valence-electron chi connectivity index (χ3n) is 2.51. The molecule has 3 heteroatoms. The van der Waals surface area contributed by atoms with Crippen LogP contribution < -0.4 is 4.90 Å². The number of carbonyl (C=O) groups excluding carboxylic acids is 1. The second-order valence-corrected chi connectivity index (χ2v) is 3.87.